The number of aromatic nitrogens is 1. The van der Waals surface area contributed by atoms with Crippen molar-refractivity contribution in [2.24, 2.45) is 0 Å². The third-order valence-electron chi connectivity index (χ3n) is 6.33. The Morgan fingerprint density at radius 2 is 1.80 bits per heavy atom. The first-order chi connectivity index (χ1) is 17.1. The van der Waals surface area contributed by atoms with E-state index in [1.807, 2.05) is 18.2 Å². The summed E-state index contributed by atoms with van der Waals surface area (Å²) in [4.78, 5) is 34.2. The van der Waals surface area contributed by atoms with Gasteiger partial charge < -0.3 is 24.0 Å². The third kappa shape index (κ3) is 4.57. The minimum Gasteiger partial charge on any atom is -0.467 e. The summed E-state index contributed by atoms with van der Waals surface area (Å²) in [6.07, 6.45) is 4.64. The molecule has 1 amide bonds. The van der Waals surface area contributed by atoms with Crippen LogP contribution < -0.4 is 14.5 Å². The molecule has 8 heteroatoms. The fraction of sp³-hybridized carbons (Fsp3) is 0.296. The number of hydrogen-bond donors (Lipinski definition) is 0. The number of methoxy groups -OCH3 is 2. The van der Waals surface area contributed by atoms with Crippen molar-refractivity contribution < 1.29 is 23.8 Å². The number of fused-ring (bicyclic) bond motifs is 1. The molecule has 35 heavy (non-hydrogen) atoms. The lowest BCUT2D eigenvalue weighted by Gasteiger charge is -2.38. The molecule has 0 bridgehead atoms. The van der Waals surface area contributed by atoms with Crippen LogP contribution in [-0.2, 0) is 14.3 Å². The number of nitrogens with zero attached hydrogens (tertiary/aromatic N) is 3. The Morgan fingerprint density at radius 3 is 2.54 bits per heavy atom. The fourth-order valence-electron chi connectivity index (χ4n) is 4.48. The second-order valence-corrected chi connectivity index (χ2v) is 8.56. The Kier molecular flexibility index (Phi) is 6.37. The Labute approximate surface area is 204 Å². The molecule has 8 nitrogen and oxygen atoms in total. The van der Waals surface area contributed by atoms with Crippen LogP contribution in [-0.4, -0.2) is 50.2 Å². The number of pyridine rings is 1. The Balaban J connectivity index is 1.42. The molecule has 5 rings (SSSR count). The smallest absolute Gasteiger partial charge is 0.339 e. The third-order valence-corrected chi connectivity index (χ3v) is 6.33. The number of ether oxygens (including phenoxy) is 3. The van der Waals surface area contributed by atoms with Crippen molar-refractivity contribution in [2.45, 2.75) is 25.0 Å². The van der Waals surface area contributed by atoms with Crippen LogP contribution in [0.1, 0.15) is 34.9 Å². The predicted octanol–water partition coefficient (Wildman–Crippen LogP) is 4.36. The van der Waals surface area contributed by atoms with Crippen LogP contribution in [0.15, 0.2) is 67.0 Å². The maximum absolute atomic E-state index is 13.7. The van der Waals surface area contributed by atoms with Crippen molar-refractivity contribution in [3.63, 3.8) is 0 Å². The normalized spacial score (nSPS) is 15.8. The van der Waals surface area contributed by atoms with E-state index >= 15 is 0 Å². The van der Waals surface area contributed by atoms with Gasteiger partial charge in [-0.3, -0.25) is 9.78 Å². The first-order valence-electron chi connectivity index (χ1n) is 11.6. The zero-order valence-electron chi connectivity index (χ0n) is 19.7. The lowest BCUT2D eigenvalue weighted by Crippen LogP contribution is -2.45. The van der Waals surface area contributed by atoms with Crippen molar-refractivity contribution in [1.82, 2.24) is 4.98 Å². The van der Waals surface area contributed by atoms with E-state index in [0.717, 1.165) is 17.9 Å². The highest BCUT2D eigenvalue weighted by Crippen LogP contribution is 2.41. The summed E-state index contributed by atoms with van der Waals surface area (Å²) in [6.45, 7) is 1.38. The van der Waals surface area contributed by atoms with Crippen LogP contribution in [0.25, 0.3) is 0 Å². The van der Waals surface area contributed by atoms with Crippen LogP contribution >= 0.6 is 0 Å². The number of esters is 1. The van der Waals surface area contributed by atoms with Crippen molar-refractivity contribution >= 4 is 23.3 Å². The highest BCUT2D eigenvalue weighted by Gasteiger charge is 2.36. The molecule has 1 fully saturated rings. The highest BCUT2D eigenvalue weighted by molar-refractivity contribution is 6.09. The first kappa shape index (κ1) is 22.9. The second-order valence-electron chi connectivity index (χ2n) is 8.56. The summed E-state index contributed by atoms with van der Waals surface area (Å²) in [5.74, 6) is 0.175. The zero-order valence-corrected chi connectivity index (χ0v) is 19.7. The summed E-state index contributed by atoms with van der Waals surface area (Å²) in [7, 11) is 2.75. The van der Waals surface area contributed by atoms with Gasteiger partial charge in [-0.15, -0.1) is 0 Å². The Hall–Kier alpha value is -3.91. The molecule has 180 valence electrons. The van der Waals surface area contributed by atoms with E-state index in [-0.39, 0.29) is 5.91 Å². The maximum Gasteiger partial charge on any atom is 0.339 e. The molecule has 0 spiro atoms. The van der Waals surface area contributed by atoms with Crippen LogP contribution in [0, 0.1) is 0 Å². The standard InChI is InChI=1S/C27H27N3O5/c1-33-25(27(32)34-2)18-6-5-7-20(16-18)35-24-12-13-28-17-21(24)26(31)30-15-14-29(19-10-11-19)22-8-3-4-9-23(22)30/h3-9,12-13,16-17,19,25H,10-11,14-15H2,1-2H3. The molecule has 0 N–H and O–H groups in total. The van der Waals surface area contributed by atoms with Crippen LogP contribution in [0.4, 0.5) is 11.4 Å². The van der Waals surface area contributed by atoms with Gasteiger partial charge in [0.1, 0.15) is 17.1 Å². The average Bonchev–Trinajstić information content (AvgIpc) is 3.74. The quantitative estimate of drug-likeness (QED) is 0.472. The Bertz CT molecular complexity index is 1240. The molecule has 3 aromatic rings. The van der Waals surface area contributed by atoms with E-state index in [1.165, 1.54) is 33.3 Å². The van der Waals surface area contributed by atoms with Crippen LogP contribution in [0.5, 0.6) is 11.5 Å². The summed E-state index contributed by atoms with van der Waals surface area (Å²) in [6, 6.07) is 17.2. The van der Waals surface area contributed by atoms with Crippen LogP contribution in [0.2, 0.25) is 0 Å². The first-order valence-corrected chi connectivity index (χ1v) is 11.6. The Morgan fingerprint density at radius 1 is 1.00 bits per heavy atom. The molecule has 2 aliphatic rings. The molecule has 1 unspecified atom stereocenters. The lowest BCUT2D eigenvalue weighted by atomic mass is 10.1. The van der Waals surface area contributed by atoms with E-state index in [1.54, 1.807) is 41.4 Å². The number of amides is 1. The molecule has 1 aliphatic heterocycles. The van der Waals surface area contributed by atoms with Gasteiger partial charge in [0.15, 0.2) is 6.10 Å². The van der Waals surface area contributed by atoms with E-state index in [0.29, 0.717) is 35.2 Å². The molecule has 0 radical (unpaired) electrons. The molecular formula is C27H27N3O5. The van der Waals surface area contributed by atoms with Gasteiger partial charge in [-0.25, -0.2) is 4.79 Å². The second kappa shape index (κ2) is 9.76. The maximum atomic E-state index is 13.7. The molecule has 2 heterocycles. The van der Waals surface area contributed by atoms with Gasteiger partial charge in [-0.05, 0) is 48.7 Å². The highest BCUT2D eigenvalue weighted by atomic mass is 16.6. The summed E-state index contributed by atoms with van der Waals surface area (Å²) in [5, 5.41) is 0. The van der Waals surface area contributed by atoms with Crippen molar-refractivity contribution in [3.8, 4) is 11.5 Å². The monoisotopic (exact) mass is 473 g/mol. The number of anilines is 2. The number of benzene rings is 2. The molecule has 1 atom stereocenters. The molecule has 1 aliphatic carbocycles. The van der Waals surface area contributed by atoms with Gasteiger partial charge in [0, 0.05) is 38.6 Å². The summed E-state index contributed by atoms with van der Waals surface area (Å²) >= 11 is 0. The van der Waals surface area contributed by atoms with Gasteiger partial charge in [-0.1, -0.05) is 24.3 Å². The average molecular weight is 474 g/mol. The minimum atomic E-state index is -0.874. The van der Waals surface area contributed by atoms with Gasteiger partial charge in [0.05, 0.1) is 18.5 Å². The number of carbonyl (C=O) groups is 2. The number of para-hydroxylation sites is 2. The van der Waals surface area contributed by atoms with Crippen molar-refractivity contribution in [2.75, 3.05) is 37.1 Å². The van der Waals surface area contributed by atoms with Gasteiger partial charge in [-0.2, -0.15) is 0 Å². The van der Waals surface area contributed by atoms with E-state index < -0.39 is 12.1 Å². The SMILES string of the molecule is COC(=O)C(OC)c1cccc(Oc2ccncc2C(=O)N2CCN(C3CC3)c3ccccc32)c1. The molecule has 1 saturated carbocycles. The topological polar surface area (TPSA) is 81.2 Å². The van der Waals surface area contributed by atoms with Gasteiger partial charge >= 0.3 is 5.97 Å². The van der Waals surface area contributed by atoms with E-state index in [9.17, 15) is 9.59 Å². The zero-order chi connectivity index (χ0) is 24.4. The molecule has 2 aromatic carbocycles. The fourth-order valence-corrected chi connectivity index (χ4v) is 4.48. The number of carbonyl (C=O) groups excluding carboxylic acids is 2. The minimum absolute atomic E-state index is 0.170. The van der Waals surface area contributed by atoms with Gasteiger partial charge in [0.25, 0.3) is 5.91 Å². The van der Waals surface area contributed by atoms with Crippen molar-refractivity contribution in [1.29, 1.82) is 0 Å². The molecule has 0 saturated heterocycles. The molecule has 1 aromatic heterocycles. The molecular weight excluding hydrogens is 446 g/mol. The van der Waals surface area contributed by atoms with Crippen molar-refractivity contribution in [3.05, 3.63) is 78.1 Å². The lowest BCUT2D eigenvalue weighted by molar-refractivity contribution is -0.152. The predicted molar refractivity (Wildman–Crippen MR) is 131 cm³/mol. The summed E-state index contributed by atoms with van der Waals surface area (Å²) in [5.41, 5.74) is 2.93. The van der Waals surface area contributed by atoms with Crippen LogP contribution in [0.3, 0.4) is 0 Å². The number of hydrogen-bond acceptors (Lipinski definition) is 7. The summed E-state index contributed by atoms with van der Waals surface area (Å²) < 4.78 is 16.2. The largest absolute Gasteiger partial charge is 0.467 e. The number of rotatable bonds is 7. The van der Waals surface area contributed by atoms with Gasteiger partial charge in [0.2, 0.25) is 0 Å². The van der Waals surface area contributed by atoms with E-state index in [2.05, 4.69) is 16.0 Å². The van der Waals surface area contributed by atoms with E-state index in [4.69, 9.17) is 14.2 Å².